The molecule has 1 aromatic rings. The molecule has 0 bridgehead atoms. The SMILES string of the molecule is N#Cc1cc(F)c(CNOC2CCCC2)c(F)c1. The second-order valence-corrected chi connectivity index (χ2v) is 4.38. The quantitative estimate of drug-likeness (QED) is 0.838. The highest BCUT2D eigenvalue weighted by atomic mass is 19.1. The molecule has 1 fully saturated rings. The average Bonchev–Trinajstić information content (AvgIpc) is 2.85. The Morgan fingerprint density at radius 3 is 2.44 bits per heavy atom. The number of nitrogens with one attached hydrogen (secondary N) is 1. The van der Waals surface area contributed by atoms with Gasteiger partial charge in [0.2, 0.25) is 0 Å². The van der Waals surface area contributed by atoms with Gasteiger partial charge in [-0.2, -0.15) is 10.7 Å². The van der Waals surface area contributed by atoms with Crippen LogP contribution in [0.1, 0.15) is 36.8 Å². The Hall–Kier alpha value is -1.51. The van der Waals surface area contributed by atoms with Gasteiger partial charge in [-0.15, -0.1) is 0 Å². The molecule has 0 saturated heterocycles. The van der Waals surface area contributed by atoms with Crippen molar-refractivity contribution in [2.75, 3.05) is 0 Å². The third-order valence-electron chi connectivity index (χ3n) is 3.07. The number of nitriles is 1. The highest BCUT2D eigenvalue weighted by molar-refractivity contribution is 5.34. The van der Waals surface area contributed by atoms with Crippen LogP contribution < -0.4 is 5.48 Å². The topological polar surface area (TPSA) is 45.0 Å². The fraction of sp³-hybridized carbons (Fsp3) is 0.462. The van der Waals surface area contributed by atoms with Crippen LogP contribution in [0.5, 0.6) is 0 Å². The Balaban J connectivity index is 1.94. The maximum Gasteiger partial charge on any atom is 0.132 e. The van der Waals surface area contributed by atoms with E-state index in [9.17, 15) is 8.78 Å². The van der Waals surface area contributed by atoms with E-state index < -0.39 is 11.6 Å². The number of hydrogen-bond acceptors (Lipinski definition) is 3. The Labute approximate surface area is 104 Å². The zero-order chi connectivity index (χ0) is 13.0. The summed E-state index contributed by atoms with van der Waals surface area (Å²) in [5.41, 5.74) is 2.47. The van der Waals surface area contributed by atoms with Crippen molar-refractivity contribution < 1.29 is 13.6 Å². The van der Waals surface area contributed by atoms with Gasteiger partial charge in [-0.3, -0.25) is 4.84 Å². The van der Waals surface area contributed by atoms with Crippen molar-refractivity contribution in [3.05, 3.63) is 34.9 Å². The summed E-state index contributed by atoms with van der Waals surface area (Å²) in [6.07, 6.45) is 4.35. The summed E-state index contributed by atoms with van der Waals surface area (Å²) >= 11 is 0. The minimum Gasteiger partial charge on any atom is -0.298 e. The summed E-state index contributed by atoms with van der Waals surface area (Å²) < 4.78 is 27.0. The molecule has 1 N–H and O–H groups in total. The molecule has 0 unspecified atom stereocenters. The van der Waals surface area contributed by atoms with Crippen LogP contribution in [0.2, 0.25) is 0 Å². The lowest BCUT2D eigenvalue weighted by Crippen LogP contribution is -2.22. The predicted molar refractivity (Wildman–Crippen MR) is 61.3 cm³/mol. The number of benzene rings is 1. The highest BCUT2D eigenvalue weighted by Crippen LogP contribution is 2.20. The predicted octanol–water partition coefficient (Wildman–Crippen LogP) is 2.80. The lowest BCUT2D eigenvalue weighted by atomic mass is 10.1. The summed E-state index contributed by atoms with van der Waals surface area (Å²) in [4.78, 5) is 5.33. The molecule has 2 rings (SSSR count). The molecule has 0 amide bonds. The van der Waals surface area contributed by atoms with Crippen LogP contribution >= 0.6 is 0 Å². The third kappa shape index (κ3) is 3.03. The Morgan fingerprint density at radius 1 is 1.28 bits per heavy atom. The summed E-state index contributed by atoms with van der Waals surface area (Å²) in [5, 5.41) is 8.57. The first-order valence-corrected chi connectivity index (χ1v) is 5.97. The highest BCUT2D eigenvalue weighted by Gasteiger charge is 2.16. The Kier molecular flexibility index (Phi) is 4.24. The minimum absolute atomic E-state index is 0.0227. The zero-order valence-corrected chi connectivity index (χ0v) is 9.88. The van der Waals surface area contributed by atoms with E-state index in [0.29, 0.717) is 0 Å². The smallest absolute Gasteiger partial charge is 0.132 e. The summed E-state index contributed by atoms with van der Waals surface area (Å²) in [7, 11) is 0. The van der Waals surface area contributed by atoms with E-state index >= 15 is 0 Å². The second kappa shape index (κ2) is 5.89. The van der Waals surface area contributed by atoms with Gasteiger partial charge < -0.3 is 0 Å². The summed E-state index contributed by atoms with van der Waals surface area (Å²) in [6.45, 7) is -0.0418. The molecule has 0 heterocycles. The number of rotatable bonds is 4. The largest absolute Gasteiger partial charge is 0.298 e. The molecular weight excluding hydrogens is 238 g/mol. The van der Waals surface area contributed by atoms with Gasteiger partial charge in [0.25, 0.3) is 0 Å². The first-order valence-electron chi connectivity index (χ1n) is 5.97. The van der Waals surface area contributed by atoms with Crippen molar-refractivity contribution in [1.29, 1.82) is 5.26 Å². The molecule has 1 saturated carbocycles. The van der Waals surface area contributed by atoms with Crippen LogP contribution in [-0.2, 0) is 11.4 Å². The number of halogens is 2. The van der Waals surface area contributed by atoms with Crippen LogP contribution in [0.25, 0.3) is 0 Å². The molecule has 1 aliphatic carbocycles. The van der Waals surface area contributed by atoms with E-state index in [1.165, 1.54) is 0 Å². The van der Waals surface area contributed by atoms with Crippen molar-refractivity contribution >= 4 is 0 Å². The van der Waals surface area contributed by atoms with Crippen molar-refractivity contribution in [3.8, 4) is 6.07 Å². The second-order valence-electron chi connectivity index (χ2n) is 4.38. The molecule has 1 aromatic carbocycles. The van der Waals surface area contributed by atoms with E-state index in [4.69, 9.17) is 10.1 Å². The molecule has 1 aliphatic rings. The average molecular weight is 252 g/mol. The van der Waals surface area contributed by atoms with Crippen LogP contribution in [0.15, 0.2) is 12.1 Å². The van der Waals surface area contributed by atoms with Gasteiger partial charge in [0.1, 0.15) is 11.6 Å². The van der Waals surface area contributed by atoms with Gasteiger partial charge in [-0.25, -0.2) is 8.78 Å². The van der Waals surface area contributed by atoms with Crippen molar-refractivity contribution in [2.24, 2.45) is 0 Å². The lowest BCUT2D eigenvalue weighted by molar-refractivity contribution is -0.0252. The van der Waals surface area contributed by atoms with Crippen molar-refractivity contribution in [1.82, 2.24) is 5.48 Å². The van der Waals surface area contributed by atoms with Gasteiger partial charge in [0, 0.05) is 5.56 Å². The summed E-state index contributed by atoms with van der Waals surface area (Å²) in [6, 6.07) is 3.75. The van der Waals surface area contributed by atoms with Gasteiger partial charge in [0.05, 0.1) is 24.3 Å². The molecule has 0 aromatic heterocycles. The van der Waals surface area contributed by atoms with Gasteiger partial charge >= 0.3 is 0 Å². The molecule has 0 aliphatic heterocycles. The zero-order valence-electron chi connectivity index (χ0n) is 9.88. The number of hydrogen-bond donors (Lipinski definition) is 1. The molecule has 0 radical (unpaired) electrons. The van der Waals surface area contributed by atoms with E-state index in [2.05, 4.69) is 5.48 Å². The first kappa shape index (κ1) is 12.9. The summed E-state index contributed by atoms with van der Waals surface area (Å²) in [5.74, 6) is -1.46. The molecule has 0 spiro atoms. The van der Waals surface area contributed by atoms with Gasteiger partial charge in [-0.05, 0) is 25.0 Å². The van der Waals surface area contributed by atoms with E-state index in [1.54, 1.807) is 6.07 Å². The Bertz CT molecular complexity index is 442. The molecule has 96 valence electrons. The van der Waals surface area contributed by atoms with Gasteiger partial charge in [-0.1, -0.05) is 12.8 Å². The van der Waals surface area contributed by atoms with Crippen LogP contribution in [-0.4, -0.2) is 6.10 Å². The number of hydroxylamine groups is 1. The third-order valence-corrected chi connectivity index (χ3v) is 3.07. The molecular formula is C13H14F2N2O. The molecule has 0 atom stereocenters. The van der Waals surface area contributed by atoms with Crippen LogP contribution in [0.4, 0.5) is 8.78 Å². The monoisotopic (exact) mass is 252 g/mol. The van der Waals surface area contributed by atoms with E-state index in [1.807, 2.05) is 0 Å². The maximum absolute atomic E-state index is 13.5. The minimum atomic E-state index is -0.728. The lowest BCUT2D eigenvalue weighted by Gasteiger charge is -2.12. The first-order chi connectivity index (χ1) is 8.70. The fourth-order valence-corrected chi connectivity index (χ4v) is 2.07. The fourth-order valence-electron chi connectivity index (χ4n) is 2.07. The standard InChI is InChI=1S/C13H14F2N2O/c14-12-5-9(7-16)6-13(15)11(12)8-17-18-10-3-1-2-4-10/h5-6,10,17H,1-4,8H2. The van der Waals surface area contributed by atoms with Gasteiger partial charge in [0.15, 0.2) is 0 Å². The normalized spacial score (nSPS) is 15.8. The van der Waals surface area contributed by atoms with E-state index in [0.717, 1.165) is 37.8 Å². The number of nitrogens with zero attached hydrogens (tertiary/aromatic N) is 1. The van der Waals surface area contributed by atoms with Crippen LogP contribution in [0.3, 0.4) is 0 Å². The Morgan fingerprint density at radius 2 is 1.89 bits per heavy atom. The maximum atomic E-state index is 13.5. The molecule has 3 nitrogen and oxygen atoms in total. The van der Waals surface area contributed by atoms with Crippen molar-refractivity contribution in [3.63, 3.8) is 0 Å². The van der Waals surface area contributed by atoms with Crippen LogP contribution in [0, 0.1) is 23.0 Å². The molecule has 5 heteroatoms. The molecule has 18 heavy (non-hydrogen) atoms. The van der Waals surface area contributed by atoms with Crippen molar-refractivity contribution in [2.45, 2.75) is 38.3 Å². The van der Waals surface area contributed by atoms with E-state index in [-0.39, 0.29) is 23.8 Å².